The lowest BCUT2D eigenvalue weighted by atomic mass is 10.0. The fraction of sp³-hybridized carbons (Fsp3) is 0.312. The first-order valence-electron chi connectivity index (χ1n) is 6.36. The van der Waals surface area contributed by atoms with Crippen LogP contribution in [0.2, 0.25) is 5.02 Å². The normalized spacial score (nSPS) is 11.4. The molecule has 0 aliphatic carbocycles. The Morgan fingerprint density at radius 2 is 1.71 bits per heavy atom. The highest BCUT2D eigenvalue weighted by atomic mass is 35.5. The summed E-state index contributed by atoms with van der Waals surface area (Å²) in [6.07, 6.45) is 7.35. The van der Waals surface area contributed by atoms with Gasteiger partial charge in [-0.3, -0.25) is 0 Å². The van der Waals surface area contributed by atoms with E-state index in [0.29, 0.717) is 23.8 Å². The first kappa shape index (κ1) is 17.4. The highest BCUT2D eigenvalue weighted by Crippen LogP contribution is 2.26. The highest BCUT2D eigenvalue weighted by Gasteiger charge is 2.14. The molecule has 0 fully saturated rings. The fourth-order valence-electron chi connectivity index (χ4n) is 1.70. The van der Waals surface area contributed by atoms with Crippen LogP contribution in [0.15, 0.2) is 24.3 Å². The molecule has 0 amide bonds. The molecular weight excluding hydrogens is 292 g/mol. The van der Waals surface area contributed by atoms with E-state index in [9.17, 15) is 4.79 Å². The molecule has 0 atom stereocenters. The van der Waals surface area contributed by atoms with Crippen molar-refractivity contribution in [3.8, 4) is 0 Å². The second-order valence-corrected chi connectivity index (χ2v) is 4.56. The number of rotatable bonds is 7. The van der Waals surface area contributed by atoms with Crippen LogP contribution < -0.4 is 0 Å². The minimum Gasteiger partial charge on any atom is -0.465 e. The van der Waals surface area contributed by atoms with Gasteiger partial charge in [-0.2, -0.15) is 0 Å². The van der Waals surface area contributed by atoms with E-state index in [1.165, 1.54) is 7.11 Å². The fourth-order valence-corrected chi connectivity index (χ4v) is 1.95. The third kappa shape index (κ3) is 5.34. The van der Waals surface area contributed by atoms with Gasteiger partial charge in [0.05, 0.1) is 30.9 Å². The maximum atomic E-state index is 11.8. The molecule has 1 aromatic carbocycles. The van der Waals surface area contributed by atoms with E-state index >= 15 is 0 Å². The van der Waals surface area contributed by atoms with Crippen LogP contribution in [0.25, 0.3) is 12.2 Å². The predicted molar refractivity (Wildman–Crippen MR) is 84.6 cm³/mol. The van der Waals surface area contributed by atoms with Crippen molar-refractivity contribution in [2.45, 2.75) is 0 Å². The van der Waals surface area contributed by atoms with Gasteiger partial charge in [0, 0.05) is 14.2 Å². The molecule has 0 saturated carbocycles. The zero-order valence-electron chi connectivity index (χ0n) is 12.4. The molecule has 0 heterocycles. The van der Waals surface area contributed by atoms with Crippen molar-refractivity contribution >= 4 is 29.7 Å². The second-order valence-electron chi connectivity index (χ2n) is 4.18. The summed E-state index contributed by atoms with van der Waals surface area (Å²) in [5, 5.41) is 0.359. The van der Waals surface area contributed by atoms with Gasteiger partial charge in [-0.15, -0.1) is 0 Å². The molecule has 21 heavy (non-hydrogen) atoms. The Bertz CT molecular complexity index is 535. The Morgan fingerprint density at radius 1 is 1.10 bits per heavy atom. The lowest BCUT2D eigenvalue weighted by Crippen LogP contribution is -2.03. The van der Waals surface area contributed by atoms with E-state index in [-0.39, 0.29) is 0 Å². The molecule has 1 aromatic rings. The van der Waals surface area contributed by atoms with Crippen LogP contribution in [0.3, 0.4) is 0 Å². The molecule has 5 heteroatoms. The standard InChI is InChI=1S/C16H19ClO4/c1-19-8-4-6-12-10-13(7-5-9-20-2)15(17)14(11-12)16(18)21-3/h4-7,10-11H,8-9H2,1-3H3. The molecule has 0 saturated heterocycles. The average molecular weight is 311 g/mol. The van der Waals surface area contributed by atoms with Gasteiger partial charge < -0.3 is 14.2 Å². The van der Waals surface area contributed by atoms with E-state index in [1.807, 2.05) is 30.4 Å². The first-order chi connectivity index (χ1) is 10.1. The third-order valence-corrected chi connectivity index (χ3v) is 3.08. The Hall–Kier alpha value is -1.62. The first-order valence-corrected chi connectivity index (χ1v) is 6.74. The molecule has 4 nitrogen and oxygen atoms in total. The number of hydrogen-bond donors (Lipinski definition) is 0. The van der Waals surface area contributed by atoms with Crippen LogP contribution in [0, 0.1) is 0 Å². The summed E-state index contributed by atoms with van der Waals surface area (Å²) < 4.78 is 14.7. The van der Waals surface area contributed by atoms with Crippen LogP contribution in [-0.2, 0) is 14.2 Å². The van der Waals surface area contributed by atoms with Gasteiger partial charge >= 0.3 is 5.97 Å². The Morgan fingerprint density at radius 3 is 2.29 bits per heavy atom. The molecule has 0 radical (unpaired) electrons. The van der Waals surface area contributed by atoms with Crippen molar-refractivity contribution in [1.82, 2.24) is 0 Å². The molecule has 0 N–H and O–H groups in total. The number of halogens is 1. The average Bonchev–Trinajstić information content (AvgIpc) is 2.49. The number of carbonyl (C=O) groups is 1. The van der Waals surface area contributed by atoms with Crippen molar-refractivity contribution < 1.29 is 19.0 Å². The summed E-state index contributed by atoms with van der Waals surface area (Å²) in [5.74, 6) is -0.469. The van der Waals surface area contributed by atoms with Crippen LogP contribution in [0.5, 0.6) is 0 Å². The van der Waals surface area contributed by atoms with Gasteiger partial charge in [0.25, 0.3) is 0 Å². The maximum Gasteiger partial charge on any atom is 0.339 e. The maximum absolute atomic E-state index is 11.8. The van der Waals surface area contributed by atoms with Crippen LogP contribution >= 0.6 is 11.6 Å². The van der Waals surface area contributed by atoms with E-state index in [4.69, 9.17) is 25.8 Å². The second kappa shape index (κ2) is 9.34. The molecular formula is C16H19ClO4. The topological polar surface area (TPSA) is 44.8 Å². The summed E-state index contributed by atoms with van der Waals surface area (Å²) in [4.78, 5) is 11.8. The molecule has 0 bridgehead atoms. The number of benzene rings is 1. The number of esters is 1. The summed E-state index contributed by atoms with van der Waals surface area (Å²) in [6.45, 7) is 0.957. The molecule has 0 aliphatic heterocycles. The van der Waals surface area contributed by atoms with Gasteiger partial charge in [0.15, 0.2) is 0 Å². The molecule has 0 unspecified atom stereocenters. The van der Waals surface area contributed by atoms with Gasteiger partial charge in [0.1, 0.15) is 0 Å². The number of hydrogen-bond acceptors (Lipinski definition) is 4. The zero-order valence-corrected chi connectivity index (χ0v) is 13.1. The minimum atomic E-state index is -0.469. The van der Waals surface area contributed by atoms with Crippen LogP contribution in [0.1, 0.15) is 21.5 Å². The van der Waals surface area contributed by atoms with Crippen molar-refractivity contribution in [2.75, 3.05) is 34.5 Å². The zero-order chi connectivity index (χ0) is 15.7. The molecule has 0 spiro atoms. The van der Waals surface area contributed by atoms with Crippen molar-refractivity contribution in [1.29, 1.82) is 0 Å². The minimum absolute atomic E-state index is 0.329. The lowest BCUT2D eigenvalue weighted by molar-refractivity contribution is 0.0601. The van der Waals surface area contributed by atoms with Gasteiger partial charge in [-0.25, -0.2) is 4.79 Å². The van der Waals surface area contributed by atoms with Crippen LogP contribution in [-0.4, -0.2) is 40.5 Å². The summed E-state index contributed by atoms with van der Waals surface area (Å²) in [5.41, 5.74) is 1.90. The number of methoxy groups -OCH3 is 3. The van der Waals surface area contributed by atoms with Crippen molar-refractivity contribution in [2.24, 2.45) is 0 Å². The van der Waals surface area contributed by atoms with Gasteiger partial charge in [-0.1, -0.05) is 35.9 Å². The lowest BCUT2D eigenvalue weighted by Gasteiger charge is -2.08. The molecule has 0 aromatic heterocycles. The Kier molecular flexibility index (Phi) is 7.75. The Labute approximate surface area is 130 Å². The summed E-state index contributed by atoms with van der Waals surface area (Å²) in [6, 6.07) is 3.57. The highest BCUT2D eigenvalue weighted by molar-refractivity contribution is 6.35. The SMILES string of the molecule is COCC=Cc1cc(C=CCOC)c(Cl)c(C(=O)OC)c1. The summed E-state index contributed by atoms with van der Waals surface area (Å²) in [7, 11) is 4.55. The Balaban J connectivity index is 3.21. The third-order valence-electron chi connectivity index (χ3n) is 2.66. The number of ether oxygens (including phenoxy) is 3. The van der Waals surface area contributed by atoms with E-state index < -0.39 is 5.97 Å². The van der Waals surface area contributed by atoms with E-state index in [0.717, 1.165) is 11.1 Å². The van der Waals surface area contributed by atoms with Crippen molar-refractivity contribution in [3.05, 3.63) is 46.0 Å². The van der Waals surface area contributed by atoms with Gasteiger partial charge in [-0.05, 0) is 23.3 Å². The van der Waals surface area contributed by atoms with Crippen LogP contribution in [0.4, 0.5) is 0 Å². The summed E-state index contributed by atoms with van der Waals surface area (Å²) >= 11 is 6.25. The predicted octanol–water partition coefficient (Wildman–Crippen LogP) is 3.45. The largest absolute Gasteiger partial charge is 0.465 e. The van der Waals surface area contributed by atoms with E-state index in [1.54, 1.807) is 20.3 Å². The van der Waals surface area contributed by atoms with Crippen molar-refractivity contribution in [3.63, 3.8) is 0 Å². The number of carbonyl (C=O) groups excluding carboxylic acids is 1. The smallest absolute Gasteiger partial charge is 0.339 e. The molecule has 114 valence electrons. The van der Waals surface area contributed by atoms with E-state index in [2.05, 4.69) is 0 Å². The molecule has 1 rings (SSSR count). The molecule has 0 aliphatic rings. The quantitative estimate of drug-likeness (QED) is 0.724. The van der Waals surface area contributed by atoms with Gasteiger partial charge in [0.2, 0.25) is 0 Å². The monoisotopic (exact) mass is 310 g/mol.